The Morgan fingerprint density at radius 2 is 1.85 bits per heavy atom. The van der Waals surface area contributed by atoms with Crippen LogP contribution in [0.15, 0.2) is 18.2 Å². The first-order chi connectivity index (χ1) is 16.3. The number of carbonyl (C=O) groups is 4. The fourth-order valence-corrected chi connectivity index (χ4v) is 4.07. The van der Waals surface area contributed by atoms with Gasteiger partial charge in [0.2, 0.25) is 12.7 Å². The normalized spacial score (nSPS) is 17.7. The van der Waals surface area contributed by atoms with Gasteiger partial charge >= 0.3 is 19.2 Å². The molecule has 10 nitrogen and oxygen atoms in total. The summed E-state index contributed by atoms with van der Waals surface area (Å²) in [4.78, 5) is 47.3. The molecule has 0 bridgehead atoms. The van der Waals surface area contributed by atoms with Crippen LogP contribution in [0.5, 0.6) is 5.75 Å². The van der Waals surface area contributed by atoms with Crippen LogP contribution < -0.4 is 9.97 Å². The largest absolute Gasteiger partial charge is 0.547 e. The Kier molecular flexibility index (Phi) is 9.32. The predicted molar refractivity (Wildman–Crippen MR) is 120 cm³/mol. The average Bonchev–Trinajstić information content (AvgIpc) is 2.82. The van der Waals surface area contributed by atoms with Crippen LogP contribution in [0, 0.1) is 5.92 Å². The van der Waals surface area contributed by atoms with Crippen LogP contribution in [0.1, 0.15) is 67.8 Å². The third-order valence-corrected chi connectivity index (χ3v) is 5.92. The summed E-state index contributed by atoms with van der Waals surface area (Å²) in [7, 11) is -1.39. The standard InChI is InChI=1S/C23H30BNO9/c1-15(26)10-11-20(27)25-19-12-17-8-5-9-18(21(17)34-24(19)30)22(28)32-14-33-23(29)31-13-16-6-3-2-4-7-16/h5,8-9,16,19,30H,2-4,6-7,10-14H2,1H3,(H,25,27). The second-order valence-corrected chi connectivity index (χ2v) is 8.64. The molecule has 0 spiro atoms. The van der Waals surface area contributed by atoms with Crippen LogP contribution >= 0.6 is 0 Å². The van der Waals surface area contributed by atoms with Gasteiger partial charge in [-0.1, -0.05) is 31.4 Å². The lowest BCUT2D eigenvalue weighted by Crippen LogP contribution is -2.53. The van der Waals surface area contributed by atoms with Crippen LogP contribution in [-0.4, -0.2) is 55.3 Å². The Morgan fingerprint density at radius 1 is 1.09 bits per heavy atom. The molecule has 2 N–H and O–H groups in total. The van der Waals surface area contributed by atoms with Gasteiger partial charge in [-0.05, 0) is 43.7 Å². The number of hydrogen-bond acceptors (Lipinski definition) is 9. The first-order valence-corrected chi connectivity index (χ1v) is 11.6. The Balaban J connectivity index is 1.48. The van der Waals surface area contributed by atoms with Crippen LogP contribution in [0.4, 0.5) is 4.79 Å². The highest BCUT2D eigenvalue weighted by Gasteiger charge is 2.37. The topological polar surface area (TPSA) is 137 Å². The average molecular weight is 475 g/mol. The molecule has 1 aliphatic heterocycles. The van der Waals surface area contributed by atoms with E-state index in [1.54, 1.807) is 12.1 Å². The Hall–Kier alpha value is -3.08. The first kappa shape index (κ1) is 25.5. The highest BCUT2D eigenvalue weighted by molar-refractivity contribution is 6.47. The van der Waals surface area contributed by atoms with E-state index in [1.807, 2.05) is 0 Å². The van der Waals surface area contributed by atoms with E-state index >= 15 is 0 Å². The van der Waals surface area contributed by atoms with E-state index in [0.29, 0.717) is 11.5 Å². The number of amides is 1. The molecule has 2 aliphatic rings. The van der Waals surface area contributed by atoms with Crippen molar-refractivity contribution in [3.8, 4) is 5.75 Å². The van der Waals surface area contributed by atoms with Crippen molar-refractivity contribution < 1.29 is 43.1 Å². The van der Waals surface area contributed by atoms with Crippen molar-refractivity contribution in [3.63, 3.8) is 0 Å². The van der Waals surface area contributed by atoms with E-state index in [4.69, 9.17) is 18.9 Å². The van der Waals surface area contributed by atoms with Gasteiger partial charge in [-0.3, -0.25) is 4.79 Å². The van der Waals surface area contributed by atoms with Crippen molar-refractivity contribution in [2.24, 2.45) is 5.92 Å². The van der Waals surface area contributed by atoms with Gasteiger partial charge < -0.3 is 34.0 Å². The fraction of sp³-hybridized carbons (Fsp3) is 0.565. The molecule has 1 amide bonds. The van der Waals surface area contributed by atoms with Crippen molar-refractivity contribution in [1.82, 2.24) is 5.32 Å². The molecule has 0 saturated heterocycles. The molecule has 0 aromatic heterocycles. The smallest absolute Gasteiger partial charge is 0.534 e. The lowest BCUT2D eigenvalue weighted by Gasteiger charge is -2.29. The number of benzene rings is 1. The second kappa shape index (κ2) is 12.4. The lowest BCUT2D eigenvalue weighted by atomic mass is 9.72. The van der Waals surface area contributed by atoms with Crippen molar-refractivity contribution in [2.45, 2.75) is 64.2 Å². The van der Waals surface area contributed by atoms with Crippen molar-refractivity contribution in [3.05, 3.63) is 29.3 Å². The van der Waals surface area contributed by atoms with Gasteiger partial charge in [0.05, 0.1) is 12.5 Å². The minimum Gasteiger partial charge on any atom is -0.534 e. The summed E-state index contributed by atoms with van der Waals surface area (Å²) < 4.78 is 20.4. The van der Waals surface area contributed by atoms with Gasteiger partial charge in [0.15, 0.2) is 0 Å². The first-order valence-electron chi connectivity index (χ1n) is 11.6. The molecule has 1 aromatic carbocycles. The van der Waals surface area contributed by atoms with E-state index in [9.17, 15) is 24.2 Å². The van der Waals surface area contributed by atoms with E-state index in [2.05, 4.69) is 5.32 Å². The molecule has 184 valence electrons. The van der Waals surface area contributed by atoms with E-state index < -0.39 is 32.0 Å². The number of nitrogens with one attached hydrogen (secondary N) is 1. The van der Waals surface area contributed by atoms with Gasteiger partial charge in [0.1, 0.15) is 17.1 Å². The maximum atomic E-state index is 12.5. The summed E-state index contributed by atoms with van der Waals surface area (Å²) >= 11 is 0. The Morgan fingerprint density at radius 3 is 2.59 bits per heavy atom. The Bertz CT molecular complexity index is 900. The quantitative estimate of drug-likeness (QED) is 0.313. The number of ether oxygens (including phenoxy) is 3. The third kappa shape index (κ3) is 7.48. The summed E-state index contributed by atoms with van der Waals surface area (Å²) in [6.45, 7) is 1.06. The molecule has 34 heavy (non-hydrogen) atoms. The fourth-order valence-electron chi connectivity index (χ4n) is 4.07. The zero-order chi connectivity index (χ0) is 24.5. The maximum absolute atomic E-state index is 12.5. The molecule has 3 rings (SSSR count). The van der Waals surface area contributed by atoms with Gasteiger partial charge in [-0.15, -0.1) is 0 Å². The molecule has 1 aliphatic carbocycles. The summed E-state index contributed by atoms with van der Waals surface area (Å²) in [5.74, 6) is -1.55. The van der Waals surface area contributed by atoms with Gasteiger partial charge in [0.25, 0.3) is 0 Å². The number of esters is 1. The van der Waals surface area contributed by atoms with Crippen molar-refractivity contribution in [1.29, 1.82) is 0 Å². The minimum absolute atomic E-state index is 0.0147. The summed E-state index contributed by atoms with van der Waals surface area (Å²) in [5.41, 5.74) is 0.640. The van der Waals surface area contributed by atoms with Crippen molar-refractivity contribution in [2.75, 3.05) is 13.4 Å². The Labute approximate surface area is 198 Å². The summed E-state index contributed by atoms with van der Waals surface area (Å²) in [6.07, 6.45) is 4.96. The van der Waals surface area contributed by atoms with Crippen LogP contribution in [0.2, 0.25) is 0 Å². The molecule has 1 heterocycles. The van der Waals surface area contributed by atoms with Crippen LogP contribution in [0.3, 0.4) is 0 Å². The van der Waals surface area contributed by atoms with Gasteiger partial charge in [-0.2, -0.15) is 0 Å². The molecule has 1 aromatic rings. The van der Waals surface area contributed by atoms with Gasteiger partial charge in [0, 0.05) is 12.8 Å². The molecular weight excluding hydrogens is 445 g/mol. The van der Waals surface area contributed by atoms with Crippen LogP contribution in [-0.2, 0) is 30.2 Å². The highest BCUT2D eigenvalue weighted by Crippen LogP contribution is 2.30. The molecule has 11 heteroatoms. The molecule has 1 fully saturated rings. The number of rotatable bonds is 9. The third-order valence-electron chi connectivity index (χ3n) is 5.92. The number of fused-ring (bicyclic) bond motifs is 1. The molecule has 1 saturated carbocycles. The zero-order valence-electron chi connectivity index (χ0n) is 19.2. The molecule has 0 radical (unpaired) electrons. The molecular formula is C23H30BNO9. The zero-order valence-corrected chi connectivity index (χ0v) is 19.2. The molecule has 1 atom stereocenters. The SMILES string of the molecule is CC(=O)CCC(=O)NC1Cc2cccc(C(=O)OCOC(=O)OCC3CCCCC3)c2OB1O. The number of carbonyl (C=O) groups excluding carboxylic acids is 4. The monoisotopic (exact) mass is 475 g/mol. The second-order valence-electron chi connectivity index (χ2n) is 8.64. The number of hydrogen-bond donors (Lipinski definition) is 2. The molecule has 1 unspecified atom stereocenters. The van der Waals surface area contributed by atoms with E-state index in [0.717, 1.165) is 25.7 Å². The number of Topliss-reactive ketones (excluding diaryl/α,β-unsaturated/α-hetero) is 1. The number of para-hydroxylation sites is 1. The minimum atomic E-state index is -1.39. The van der Waals surface area contributed by atoms with Gasteiger partial charge in [-0.25, -0.2) is 9.59 Å². The summed E-state index contributed by atoms with van der Waals surface area (Å²) in [5, 5.41) is 13.0. The van der Waals surface area contributed by atoms with E-state index in [1.165, 1.54) is 19.4 Å². The summed E-state index contributed by atoms with van der Waals surface area (Å²) in [6, 6.07) is 4.78. The predicted octanol–water partition coefficient (Wildman–Crippen LogP) is 2.34. The van der Waals surface area contributed by atoms with Crippen LogP contribution in [0.25, 0.3) is 0 Å². The van der Waals surface area contributed by atoms with E-state index in [-0.39, 0.29) is 48.9 Å². The van der Waals surface area contributed by atoms with Crippen molar-refractivity contribution >= 4 is 30.9 Å². The maximum Gasteiger partial charge on any atom is 0.547 e. The highest BCUT2D eigenvalue weighted by atomic mass is 16.8. The number of ketones is 1. The lowest BCUT2D eigenvalue weighted by molar-refractivity contribution is -0.124.